The number of nitrogens with one attached hydrogen (secondary N) is 1. The van der Waals surface area contributed by atoms with Gasteiger partial charge in [0.2, 0.25) is 0 Å². The van der Waals surface area contributed by atoms with Crippen molar-refractivity contribution in [2.75, 3.05) is 12.3 Å². The molecule has 0 bridgehead atoms. The van der Waals surface area contributed by atoms with E-state index in [4.69, 9.17) is 5.73 Å². The van der Waals surface area contributed by atoms with Gasteiger partial charge in [0.05, 0.1) is 5.56 Å². The maximum Gasteiger partial charge on any atom is 0.253 e. The summed E-state index contributed by atoms with van der Waals surface area (Å²) in [6, 6.07) is 17.4. The van der Waals surface area contributed by atoms with Crippen LogP contribution in [0.1, 0.15) is 35.7 Å². The third kappa shape index (κ3) is 4.50. The second-order valence-corrected chi connectivity index (χ2v) is 5.56. The quantitative estimate of drug-likeness (QED) is 0.822. The fourth-order valence-electron chi connectivity index (χ4n) is 2.44. The van der Waals surface area contributed by atoms with Gasteiger partial charge in [-0.15, -0.1) is 12.4 Å². The minimum atomic E-state index is -0.116. The number of halogens is 1. The fraction of sp³-hybridized carbons (Fsp3) is 0.278. The van der Waals surface area contributed by atoms with Gasteiger partial charge in [-0.3, -0.25) is 4.79 Å². The summed E-state index contributed by atoms with van der Waals surface area (Å²) in [4.78, 5) is 12.2. The van der Waals surface area contributed by atoms with Crippen molar-refractivity contribution in [3.05, 3.63) is 65.7 Å². The maximum atomic E-state index is 12.2. The lowest BCUT2D eigenvalue weighted by atomic mass is 9.88. The van der Waals surface area contributed by atoms with Gasteiger partial charge in [0, 0.05) is 18.2 Å². The average molecular weight is 319 g/mol. The summed E-state index contributed by atoms with van der Waals surface area (Å²) in [5.41, 5.74) is 8.13. The molecule has 2 aromatic rings. The van der Waals surface area contributed by atoms with E-state index in [2.05, 4.69) is 31.3 Å². The van der Waals surface area contributed by atoms with Crippen LogP contribution in [0.25, 0.3) is 0 Å². The molecule has 0 aliphatic heterocycles. The van der Waals surface area contributed by atoms with Gasteiger partial charge < -0.3 is 11.1 Å². The molecule has 0 spiro atoms. The molecule has 0 radical (unpaired) electrons. The topological polar surface area (TPSA) is 55.1 Å². The van der Waals surface area contributed by atoms with E-state index in [1.54, 1.807) is 12.1 Å². The first-order chi connectivity index (χ1) is 10.1. The van der Waals surface area contributed by atoms with Gasteiger partial charge in [0.25, 0.3) is 5.91 Å². The minimum Gasteiger partial charge on any atom is -0.398 e. The number of rotatable bonds is 5. The van der Waals surface area contributed by atoms with Crippen molar-refractivity contribution in [2.45, 2.75) is 19.8 Å². The van der Waals surface area contributed by atoms with E-state index < -0.39 is 0 Å². The number of hydrogen-bond acceptors (Lipinski definition) is 2. The molecule has 1 unspecified atom stereocenters. The van der Waals surface area contributed by atoms with Gasteiger partial charge in [-0.1, -0.05) is 56.3 Å². The second-order valence-electron chi connectivity index (χ2n) is 5.56. The number of anilines is 1. The van der Waals surface area contributed by atoms with Crippen LogP contribution in [0, 0.1) is 5.92 Å². The third-order valence-electron chi connectivity index (χ3n) is 3.72. The van der Waals surface area contributed by atoms with Gasteiger partial charge in [-0.05, 0) is 23.6 Å². The van der Waals surface area contributed by atoms with Crippen molar-refractivity contribution >= 4 is 24.0 Å². The molecule has 0 aromatic heterocycles. The Bertz CT molecular complexity index is 599. The van der Waals surface area contributed by atoms with Crippen LogP contribution in [0.4, 0.5) is 5.69 Å². The Hall–Kier alpha value is -2.00. The highest BCUT2D eigenvalue weighted by Crippen LogP contribution is 2.23. The van der Waals surface area contributed by atoms with E-state index in [-0.39, 0.29) is 18.3 Å². The van der Waals surface area contributed by atoms with E-state index in [0.717, 1.165) is 0 Å². The standard InChI is InChI=1S/C18H22N2O.ClH/c1-13(2)16(14-8-4-3-5-9-14)12-20-18(21)15-10-6-7-11-17(15)19;/h3-11,13,16H,12,19H2,1-2H3,(H,20,21);1H. The minimum absolute atomic E-state index is 0. The van der Waals surface area contributed by atoms with Gasteiger partial charge in [-0.2, -0.15) is 0 Å². The zero-order valence-corrected chi connectivity index (χ0v) is 13.8. The highest BCUT2D eigenvalue weighted by molar-refractivity contribution is 5.99. The van der Waals surface area contributed by atoms with Crippen molar-refractivity contribution in [1.29, 1.82) is 0 Å². The Morgan fingerprint density at radius 1 is 1.05 bits per heavy atom. The van der Waals surface area contributed by atoms with Crippen molar-refractivity contribution < 1.29 is 4.79 Å². The number of hydrogen-bond donors (Lipinski definition) is 2. The third-order valence-corrected chi connectivity index (χ3v) is 3.72. The molecule has 1 amide bonds. The lowest BCUT2D eigenvalue weighted by Crippen LogP contribution is -2.30. The normalized spacial score (nSPS) is 11.6. The zero-order chi connectivity index (χ0) is 15.2. The summed E-state index contributed by atoms with van der Waals surface area (Å²) in [5, 5.41) is 3.00. The van der Waals surface area contributed by atoms with Crippen LogP contribution in [0.3, 0.4) is 0 Å². The SMILES string of the molecule is CC(C)C(CNC(=O)c1ccccc1N)c1ccccc1.Cl. The molecular weight excluding hydrogens is 296 g/mol. The summed E-state index contributed by atoms with van der Waals surface area (Å²) in [5.74, 6) is 0.621. The van der Waals surface area contributed by atoms with E-state index in [1.165, 1.54) is 5.56 Å². The van der Waals surface area contributed by atoms with Crippen molar-refractivity contribution in [3.8, 4) is 0 Å². The number of nitrogens with two attached hydrogens (primary N) is 1. The highest BCUT2D eigenvalue weighted by atomic mass is 35.5. The van der Waals surface area contributed by atoms with Crippen molar-refractivity contribution in [1.82, 2.24) is 5.32 Å². The molecule has 0 fully saturated rings. The second kappa shape index (κ2) is 8.44. The molecular formula is C18H23ClN2O. The summed E-state index contributed by atoms with van der Waals surface area (Å²) in [6.45, 7) is 4.94. The van der Waals surface area contributed by atoms with Crippen LogP contribution in [-0.2, 0) is 0 Å². The zero-order valence-electron chi connectivity index (χ0n) is 13.0. The molecule has 2 rings (SSSR count). The lowest BCUT2D eigenvalue weighted by molar-refractivity contribution is 0.0950. The number of benzene rings is 2. The summed E-state index contributed by atoms with van der Waals surface area (Å²) in [7, 11) is 0. The first-order valence-corrected chi connectivity index (χ1v) is 7.27. The summed E-state index contributed by atoms with van der Waals surface area (Å²) >= 11 is 0. The molecule has 22 heavy (non-hydrogen) atoms. The Kier molecular flexibility index (Phi) is 6.93. The van der Waals surface area contributed by atoms with Crippen LogP contribution in [0.2, 0.25) is 0 Å². The van der Waals surface area contributed by atoms with Gasteiger partial charge in [0.1, 0.15) is 0 Å². The Labute approximate surface area is 138 Å². The molecule has 118 valence electrons. The average Bonchev–Trinajstić information content (AvgIpc) is 2.48. The maximum absolute atomic E-state index is 12.2. The molecule has 0 saturated heterocycles. The molecule has 2 aromatic carbocycles. The Balaban J connectivity index is 0.00000242. The number of carbonyl (C=O) groups is 1. The first-order valence-electron chi connectivity index (χ1n) is 7.27. The lowest BCUT2D eigenvalue weighted by Gasteiger charge is -2.22. The van der Waals surface area contributed by atoms with E-state index in [9.17, 15) is 4.79 Å². The smallest absolute Gasteiger partial charge is 0.253 e. The first kappa shape index (κ1) is 18.1. The van der Waals surface area contributed by atoms with Gasteiger partial charge in [-0.25, -0.2) is 0 Å². The predicted molar refractivity (Wildman–Crippen MR) is 94.5 cm³/mol. The largest absolute Gasteiger partial charge is 0.398 e. The number of amides is 1. The molecule has 3 N–H and O–H groups in total. The Morgan fingerprint density at radius 2 is 1.64 bits per heavy atom. The van der Waals surface area contributed by atoms with Crippen LogP contribution < -0.4 is 11.1 Å². The number of para-hydroxylation sites is 1. The summed E-state index contributed by atoms with van der Waals surface area (Å²) < 4.78 is 0. The molecule has 3 nitrogen and oxygen atoms in total. The fourth-order valence-corrected chi connectivity index (χ4v) is 2.44. The van der Waals surface area contributed by atoms with Crippen molar-refractivity contribution in [2.24, 2.45) is 5.92 Å². The van der Waals surface area contributed by atoms with Crippen LogP contribution in [0.15, 0.2) is 54.6 Å². The molecule has 0 aliphatic rings. The Morgan fingerprint density at radius 3 is 2.23 bits per heavy atom. The molecule has 1 atom stereocenters. The number of carbonyl (C=O) groups excluding carboxylic acids is 1. The van der Waals surface area contributed by atoms with Crippen LogP contribution in [0.5, 0.6) is 0 Å². The highest BCUT2D eigenvalue weighted by Gasteiger charge is 2.17. The van der Waals surface area contributed by atoms with E-state index >= 15 is 0 Å². The van der Waals surface area contributed by atoms with E-state index in [0.29, 0.717) is 29.6 Å². The predicted octanol–water partition coefficient (Wildman–Crippen LogP) is 3.86. The molecule has 0 saturated carbocycles. The molecule has 0 heterocycles. The monoisotopic (exact) mass is 318 g/mol. The van der Waals surface area contributed by atoms with Crippen LogP contribution in [-0.4, -0.2) is 12.5 Å². The van der Waals surface area contributed by atoms with Crippen molar-refractivity contribution in [3.63, 3.8) is 0 Å². The number of nitrogen functional groups attached to an aromatic ring is 1. The van der Waals surface area contributed by atoms with Crippen LogP contribution >= 0.6 is 12.4 Å². The van der Waals surface area contributed by atoms with E-state index in [1.807, 2.05) is 30.3 Å². The van der Waals surface area contributed by atoms with Gasteiger partial charge in [0.15, 0.2) is 0 Å². The molecule has 4 heteroatoms. The van der Waals surface area contributed by atoms with Gasteiger partial charge >= 0.3 is 0 Å². The molecule has 0 aliphatic carbocycles. The summed E-state index contributed by atoms with van der Waals surface area (Å²) in [6.07, 6.45) is 0.